The average molecular weight is 108 g/mol. The molecule has 0 aromatic carbocycles. The van der Waals surface area contributed by atoms with Crippen LogP contribution < -0.4 is 0 Å². The molecule has 4 heteroatoms. The first-order chi connectivity index (χ1) is 2.91. The molecule has 0 saturated carbocycles. The number of oxime groups is 1. The van der Waals surface area contributed by atoms with Gasteiger partial charge in [-0.3, -0.25) is 0 Å². The molecule has 7 heavy (non-hydrogen) atoms. The van der Waals surface area contributed by atoms with Crippen LogP contribution in [-0.2, 0) is 0 Å². The van der Waals surface area contributed by atoms with E-state index in [1.54, 1.807) is 6.07 Å². The number of nitrogens with zero attached hydrogens (tertiary/aromatic N) is 2. The zero-order valence-electron chi connectivity index (χ0n) is 3.13. The summed E-state index contributed by atoms with van der Waals surface area (Å²) < 4.78 is 0. The second-order valence-electron chi connectivity index (χ2n) is 0.660. The second kappa shape index (κ2) is 9.35. The maximum atomic E-state index is 7.74. The fourth-order valence-electron chi connectivity index (χ4n) is 0.0816. The van der Waals surface area contributed by atoms with Gasteiger partial charge in [0, 0.05) is 0 Å². The average Bonchev–Trinajstić information content (AvgIpc) is 1.61. The summed E-state index contributed by atoms with van der Waals surface area (Å²) >= 11 is 0. The van der Waals surface area contributed by atoms with Gasteiger partial charge in [-0.2, -0.15) is 5.26 Å². The molecule has 0 unspecified atom stereocenters. The Morgan fingerprint density at radius 1 is 1.86 bits per heavy atom. The summed E-state index contributed by atoms with van der Waals surface area (Å²) in [5.41, 5.74) is 0. The van der Waals surface area contributed by atoms with E-state index in [-0.39, 0.29) is 36.0 Å². The van der Waals surface area contributed by atoms with Gasteiger partial charge >= 0.3 is 29.6 Å². The fourth-order valence-corrected chi connectivity index (χ4v) is 0.0816. The molecule has 0 fully saturated rings. The number of hydrogen-bond donors (Lipinski definition) is 1. The van der Waals surface area contributed by atoms with Gasteiger partial charge in [-0.1, -0.05) is 0 Å². The van der Waals surface area contributed by atoms with Crippen LogP contribution in [-0.4, -0.2) is 41.0 Å². The Balaban J connectivity index is 0. The van der Waals surface area contributed by atoms with Crippen molar-refractivity contribution in [3.05, 3.63) is 0 Å². The van der Waals surface area contributed by atoms with Crippen molar-refractivity contribution in [1.82, 2.24) is 0 Å². The van der Waals surface area contributed by atoms with E-state index >= 15 is 0 Å². The van der Waals surface area contributed by atoms with Gasteiger partial charge in [-0.15, -0.1) is 5.16 Å². The summed E-state index contributed by atoms with van der Waals surface area (Å²) in [7, 11) is 0. The van der Waals surface area contributed by atoms with Crippen LogP contribution in [0.4, 0.5) is 0 Å². The molecule has 0 aliphatic carbocycles. The minimum atomic E-state index is 0. The summed E-state index contributed by atoms with van der Waals surface area (Å²) in [5, 5.41) is 17.9. The molecule has 0 atom stereocenters. The molecule has 0 heterocycles. The van der Waals surface area contributed by atoms with Gasteiger partial charge in [-0.05, 0) is 0 Å². The van der Waals surface area contributed by atoms with Crippen molar-refractivity contribution in [3.8, 4) is 6.07 Å². The van der Waals surface area contributed by atoms with Crippen molar-refractivity contribution in [3.63, 3.8) is 0 Å². The third-order valence-corrected chi connectivity index (χ3v) is 0.264. The first-order valence-electron chi connectivity index (χ1n) is 1.44. The van der Waals surface area contributed by atoms with Crippen LogP contribution in [0.25, 0.3) is 0 Å². The number of hydrogen-bond acceptors (Lipinski definition) is 3. The fraction of sp³-hybridized carbons (Fsp3) is 0.333. The predicted octanol–water partition coefficient (Wildman–Crippen LogP) is -0.288. The first-order valence-corrected chi connectivity index (χ1v) is 1.44. The zero-order chi connectivity index (χ0) is 4.83. The molecule has 3 nitrogen and oxygen atoms in total. The Hall–Kier alpha value is -0.0400. The molecule has 0 saturated heterocycles. The number of nitriles is 1. The van der Waals surface area contributed by atoms with E-state index in [0.29, 0.717) is 0 Å². The van der Waals surface area contributed by atoms with Crippen molar-refractivity contribution in [2.24, 2.45) is 5.16 Å². The van der Waals surface area contributed by atoms with Crippen molar-refractivity contribution in [1.29, 1.82) is 5.26 Å². The van der Waals surface area contributed by atoms with Gasteiger partial charge in [-0.25, -0.2) is 0 Å². The zero-order valence-corrected chi connectivity index (χ0v) is 3.13. The molecule has 0 aliphatic heterocycles. The van der Waals surface area contributed by atoms with Crippen LogP contribution in [0.5, 0.6) is 0 Å². The van der Waals surface area contributed by atoms with Gasteiger partial charge in [0.2, 0.25) is 0 Å². The van der Waals surface area contributed by atoms with Crippen LogP contribution in [0.3, 0.4) is 0 Å². The molecule has 0 spiro atoms. The van der Waals surface area contributed by atoms with Crippen LogP contribution in [0.15, 0.2) is 5.16 Å². The summed E-state index contributed by atoms with van der Waals surface area (Å²) in [6, 6.07) is 1.76. The monoisotopic (exact) mass is 108 g/mol. The van der Waals surface area contributed by atoms with Crippen molar-refractivity contribution in [2.75, 3.05) is 0 Å². The van der Waals surface area contributed by atoms with E-state index < -0.39 is 0 Å². The van der Waals surface area contributed by atoms with Crippen LogP contribution >= 0.6 is 0 Å². The summed E-state index contributed by atoms with van der Waals surface area (Å²) in [6.07, 6.45) is 1.30. The van der Waals surface area contributed by atoms with E-state index in [0.717, 1.165) is 6.21 Å². The molecular weight excluding hydrogens is 103 g/mol. The first kappa shape index (κ1) is 10.0. The van der Waals surface area contributed by atoms with Crippen LogP contribution in [0.1, 0.15) is 6.42 Å². The molecule has 0 aromatic rings. The Labute approximate surface area is 63.9 Å². The minimum absolute atomic E-state index is 0. The maximum absolute atomic E-state index is 7.74. The van der Waals surface area contributed by atoms with Gasteiger partial charge in [0.05, 0.1) is 18.7 Å². The SMILES string of the molecule is N#CCC=NO.[NaH]. The molecule has 0 aliphatic rings. The number of rotatable bonds is 1. The van der Waals surface area contributed by atoms with E-state index in [1.165, 1.54) is 0 Å². The molecular formula is C3H5N2NaO. The molecule has 0 aromatic heterocycles. The van der Waals surface area contributed by atoms with Gasteiger partial charge in [0.1, 0.15) is 0 Å². The Morgan fingerprint density at radius 3 is 2.57 bits per heavy atom. The third kappa shape index (κ3) is 10.7. The normalized spacial score (nSPS) is 7.29. The van der Waals surface area contributed by atoms with Gasteiger partial charge in [0.25, 0.3) is 0 Å². The summed E-state index contributed by atoms with van der Waals surface area (Å²) in [5.74, 6) is 0. The molecule has 0 amide bonds. The van der Waals surface area contributed by atoms with E-state index in [2.05, 4.69) is 5.16 Å². The van der Waals surface area contributed by atoms with Crippen molar-refractivity contribution in [2.45, 2.75) is 6.42 Å². The van der Waals surface area contributed by atoms with Crippen molar-refractivity contribution >= 4 is 35.8 Å². The van der Waals surface area contributed by atoms with E-state index in [9.17, 15) is 0 Å². The molecule has 0 bridgehead atoms. The Bertz CT molecular complexity index is 85.4. The standard InChI is InChI=1S/C3H4N2O.Na.H/c4-2-1-3-5-6;;/h3,6H,1H2;;. The quantitative estimate of drug-likeness (QED) is 0.217. The Kier molecular flexibility index (Phi) is 13.4. The van der Waals surface area contributed by atoms with Crippen molar-refractivity contribution < 1.29 is 5.21 Å². The van der Waals surface area contributed by atoms with Gasteiger partial charge in [0.15, 0.2) is 0 Å². The predicted molar refractivity (Wildman–Crippen MR) is 27.7 cm³/mol. The second-order valence-corrected chi connectivity index (χ2v) is 0.660. The van der Waals surface area contributed by atoms with Crippen LogP contribution in [0, 0.1) is 11.3 Å². The Morgan fingerprint density at radius 2 is 2.43 bits per heavy atom. The molecule has 34 valence electrons. The summed E-state index contributed by atoms with van der Waals surface area (Å²) in [6.45, 7) is 0. The molecule has 0 rings (SSSR count). The third-order valence-electron chi connectivity index (χ3n) is 0.264. The van der Waals surface area contributed by atoms with Gasteiger partial charge < -0.3 is 5.21 Å². The molecule has 1 N–H and O–H groups in total. The topological polar surface area (TPSA) is 56.4 Å². The summed E-state index contributed by atoms with van der Waals surface area (Å²) in [4.78, 5) is 0. The van der Waals surface area contributed by atoms with Crippen LogP contribution in [0.2, 0.25) is 0 Å². The van der Waals surface area contributed by atoms with E-state index in [4.69, 9.17) is 10.5 Å². The van der Waals surface area contributed by atoms with E-state index in [1.807, 2.05) is 0 Å². The molecule has 0 radical (unpaired) electrons.